The molecule has 0 fully saturated rings. The van der Waals surface area contributed by atoms with E-state index in [9.17, 15) is 4.79 Å². The van der Waals surface area contributed by atoms with Crippen molar-refractivity contribution in [3.63, 3.8) is 0 Å². The van der Waals surface area contributed by atoms with Gasteiger partial charge in [-0.1, -0.05) is 17.7 Å². The maximum absolute atomic E-state index is 12.2. The van der Waals surface area contributed by atoms with Crippen LogP contribution in [0.1, 0.15) is 42.6 Å². The third-order valence-electron chi connectivity index (χ3n) is 2.88. The van der Waals surface area contributed by atoms with E-state index in [4.69, 9.17) is 0 Å². The summed E-state index contributed by atoms with van der Waals surface area (Å²) >= 11 is 0. The molecule has 5 nitrogen and oxygen atoms in total. The Labute approximate surface area is 131 Å². The van der Waals surface area contributed by atoms with Gasteiger partial charge in [-0.25, -0.2) is 9.97 Å². The fraction of sp³-hybridized carbons (Fsp3) is 0.353. The molecule has 22 heavy (non-hydrogen) atoms. The first-order valence-electron chi connectivity index (χ1n) is 7.25. The van der Waals surface area contributed by atoms with E-state index in [0.717, 1.165) is 5.69 Å². The number of amides is 1. The van der Waals surface area contributed by atoms with Gasteiger partial charge in [0, 0.05) is 17.3 Å². The van der Waals surface area contributed by atoms with E-state index in [1.165, 1.54) is 5.56 Å². The van der Waals surface area contributed by atoms with Crippen LogP contribution >= 0.6 is 0 Å². The van der Waals surface area contributed by atoms with Crippen LogP contribution in [0, 0.1) is 13.8 Å². The molecule has 2 rings (SSSR count). The first kappa shape index (κ1) is 15.9. The largest absolute Gasteiger partial charge is 0.346 e. The molecule has 0 spiro atoms. The van der Waals surface area contributed by atoms with Crippen LogP contribution in [0.4, 0.5) is 11.5 Å². The Balaban J connectivity index is 2.23. The van der Waals surface area contributed by atoms with Crippen molar-refractivity contribution in [2.75, 3.05) is 5.32 Å². The molecule has 116 valence electrons. The van der Waals surface area contributed by atoms with E-state index >= 15 is 0 Å². The quantitative estimate of drug-likeness (QED) is 0.911. The molecule has 0 aliphatic rings. The maximum Gasteiger partial charge on any atom is 0.270 e. The van der Waals surface area contributed by atoms with Gasteiger partial charge in [0.15, 0.2) is 0 Å². The number of hydrogen-bond acceptors (Lipinski definition) is 4. The van der Waals surface area contributed by atoms with Crippen LogP contribution in [0.15, 0.2) is 30.3 Å². The van der Waals surface area contributed by atoms with Gasteiger partial charge in [0.25, 0.3) is 5.91 Å². The second-order valence-corrected chi connectivity index (χ2v) is 6.38. The third kappa shape index (κ3) is 4.55. The highest BCUT2D eigenvalue weighted by atomic mass is 16.2. The average Bonchev–Trinajstić information content (AvgIpc) is 2.39. The van der Waals surface area contributed by atoms with Crippen LogP contribution < -0.4 is 10.6 Å². The van der Waals surface area contributed by atoms with Gasteiger partial charge in [-0.2, -0.15) is 0 Å². The van der Waals surface area contributed by atoms with Gasteiger partial charge in [0.1, 0.15) is 17.3 Å². The highest BCUT2D eigenvalue weighted by Gasteiger charge is 2.17. The molecular formula is C17H22N4O. The third-order valence-corrected chi connectivity index (χ3v) is 2.88. The van der Waals surface area contributed by atoms with Crippen molar-refractivity contribution in [1.82, 2.24) is 15.3 Å². The Hall–Kier alpha value is -2.43. The molecule has 0 aliphatic carbocycles. The summed E-state index contributed by atoms with van der Waals surface area (Å²) < 4.78 is 0. The number of benzene rings is 1. The molecule has 2 N–H and O–H groups in total. The van der Waals surface area contributed by atoms with Crippen LogP contribution in [0.5, 0.6) is 0 Å². The SMILES string of the molecule is Cc1ccc(Nc2cc(C(=O)NC(C)(C)C)nc(C)n2)cc1. The summed E-state index contributed by atoms with van der Waals surface area (Å²) in [5.74, 6) is 0.955. The summed E-state index contributed by atoms with van der Waals surface area (Å²) in [5, 5.41) is 6.10. The van der Waals surface area contributed by atoms with Crippen molar-refractivity contribution in [1.29, 1.82) is 0 Å². The van der Waals surface area contributed by atoms with Crippen molar-refractivity contribution >= 4 is 17.4 Å². The minimum Gasteiger partial charge on any atom is -0.346 e. The minimum absolute atomic E-state index is 0.204. The highest BCUT2D eigenvalue weighted by molar-refractivity contribution is 5.93. The van der Waals surface area contributed by atoms with Crippen LogP contribution in [0.2, 0.25) is 0 Å². The lowest BCUT2D eigenvalue weighted by Gasteiger charge is -2.20. The molecule has 0 saturated heterocycles. The van der Waals surface area contributed by atoms with Crippen molar-refractivity contribution in [3.05, 3.63) is 47.4 Å². The van der Waals surface area contributed by atoms with Gasteiger partial charge in [-0.05, 0) is 46.8 Å². The number of rotatable bonds is 3. The van der Waals surface area contributed by atoms with Crippen LogP contribution in [0.3, 0.4) is 0 Å². The Morgan fingerprint density at radius 2 is 1.68 bits per heavy atom. The Morgan fingerprint density at radius 3 is 2.27 bits per heavy atom. The summed E-state index contributed by atoms with van der Waals surface area (Å²) in [7, 11) is 0. The number of carbonyl (C=O) groups excluding carboxylic acids is 1. The van der Waals surface area contributed by atoms with Gasteiger partial charge >= 0.3 is 0 Å². The predicted octanol–water partition coefficient (Wildman–Crippen LogP) is 3.37. The molecule has 1 heterocycles. The average molecular weight is 298 g/mol. The van der Waals surface area contributed by atoms with E-state index in [1.807, 2.05) is 52.0 Å². The topological polar surface area (TPSA) is 66.9 Å². The first-order valence-corrected chi connectivity index (χ1v) is 7.25. The standard InChI is InChI=1S/C17H22N4O/c1-11-6-8-13(9-7-11)20-15-10-14(18-12(2)19-15)16(22)21-17(3,4)5/h6-10H,1-5H3,(H,21,22)(H,18,19,20). The molecular weight excluding hydrogens is 276 g/mol. The molecule has 5 heteroatoms. The number of hydrogen-bond donors (Lipinski definition) is 2. The molecule has 1 amide bonds. The number of nitrogens with zero attached hydrogens (tertiary/aromatic N) is 2. The van der Waals surface area contributed by atoms with E-state index < -0.39 is 0 Å². The van der Waals surface area contributed by atoms with Gasteiger partial charge in [0.2, 0.25) is 0 Å². The number of carbonyl (C=O) groups is 1. The molecule has 0 aliphatic heterocycles. The number of aryl methyl sites for hydroxylation is 2. The maximum atomic E-state index is 12.2. The highest BCUT2D eigenvalue weighted by Crippen LogP contribution is 2.16. The summed E-state index contributed by atoms with van der Waals surface area (Å²) in [4.78, 5) is 20.8. The Kier molecular flexibility index (Phi) is 4.45. The van der Waals surface area contributed by atoms with Crippen molar-refractivity contribution in [2.24, 2.45) is 0 Å². The zero-order chi connectivity index (χ0) is 16.3. The van der Waals surface area contributed by atoms with Gasteiger partial charge in [-0.3, -0.25) is 4.79 Å². The van der Waals surface area contributed by atoms with E-state index in [1.54, 1.807) is 13.0 Å². The molecule has 1 aromatic heterocycles. The molecule has 0 atom stereocenters. The lowest BCUT2D eigenvalue weighted by Crippen LogP contribution is -2.41. The number of anilines is 2. The van der Waals surface area contributed by atoms with Gasteiger partial charge < -0.3 is 10.6 Å². The number of nitrogens with one attached hydrogen (secondary N) is 2. The first-order chi connectivity index (χ1) is 10.2. The second-order valence-electron chi connectivity index (χ2n) is 6.38. The van der Waals surface area contributed by atoms with Crippen molar-refractivity contribution in [2.45, 2.75) is 40.2 Å². The smallest absolute Gasteiger partial charge is 0.270 e. The molecule has 0 unspecified atom stereocenters. The van der Waals surface area contributed by atoms with Crippen LogP contribution in [-0.4, -0.2) is 21.4 Å². The van der Waals surface area contributed by atoms with Crippen LogP contribution in [0.25, 0.3) is 0 Å². The summed E-state index contributed by atoms with van der Waals surface area (Å²) in [5.41, 5.74) is 2.16. The normalized spacial score (nSPS) is 11.1. The minimum atomic E-state index is -0.305. The molecule has 1 aromatic carbocycles. The Morgan fingerprint density at radius 1 is 1.05 bits per heavy atom. The van der Waals surface area contributed by atoms with E-state index in [2.05, 4.69) is 20.6 Å². The molecule has 0 saturated carbocycles. The summed E-state index contributed by atoms with van der Waals surface area (Å²) in [6.45, 7) is 9.61. The van der Waals surface area contributed by atoms with Crippen molar-refractivity contribution in [3.8, 4) is 0 Å². The fourth-order valence-electron chi connectivity index (χ4n) is 1.94. The fourth-order valence-corrected chi connectivity index (χ4v) is 1.94. The lowest BCUT2D eigenvalue weighted by atomic mass is 10.1. The zero-order valence-corrected chi connectivity index (χ0v) is 13.7. The second kappa shape index (κ2) is 6.13. The number of aromatic nitrogens is 2. The lowest BCUT2D eigenvalue weighted by molar-refractivity contribution is 0.0914. The van der Waals surface area contributed by atoms with Gasteiger partial charge in [-0.15, -0.1) is 0 Å². The molecule has 0 bridgehead atoms. The summed E-state index contributed by atoms with van der Waals surface area (Å²) in [6.07, 6.45) is 0. The van der Waals surface area contributed by atoms with Crippen molar-refractivity contribution < 1.29 is 4.79 Å². The van der Waals surface area contributed by atoms with Gasteiger partial charge in [0.05, 0.1) is 0 Å². The monoisotopic (exact) mass is 298 g/mol. The Bertz CT molecular complexity index is 672. The predicted molar refractivity (Wildman–Crippen MR) is 88.4 cm³/mol. The van der Waals surface area contributed by atoms with E-state index in [-0.39, 0.29) is 11.4 Å². The van der Waals surface area contributed by atoms with E-state index in [0.29, 0.717) is 17.3 Å². The molecule has 2 aromatic rings. The zero-order valence-electron chi connectivity index (χ0n) is 13.7. The summed E-state index contributed by atoms with van der Waals surface area (Å²) in [6, 6.07) is 9.64. The van der Waals surface area contributed by atoms with Crippen LogP contribution in [-0.2, 0) is 0 Å². The molecule has 0 radical (unpaired) electrons.